The smallest absolute Gasteiger partial charge is 0.325 e. The minimum absolute atomic E-state index is 0.213. The highest BCUT2D eigenvalue weighted by molar-refractivity contribution is 5.84. The van der Waals surface area contributed by atoms with Crippen LogP contribution in [-0.2, 0) is 16.0 Å². The van der Waals surface area contributed by atoms with Crippen LogP contribution in [0.5, 0.6) is 0 Å². The number of carbonyl (C=O) groups is 2. The molecular formula is C12H15NO3. The molecule has 0 saturated heterocycles. The van der Waals surface area contributed by atoms with E-state index in [2.05, 4.69) is 5.32 Å². The molecule has 1 amide bonds. The Morgan fingerprint density at radius 3 is 2.56 bits per heavy atom. The van der Waals surface area contributed by atoms with Crippen LogP contribution in [-0.4, -0.2) is 23.0 Å². The molecule has 2 N–H and O–H groups in total. The second-order valence-corrected chi connectivity index (χ2v) is 3.73. The van der Waals surface area contributed by atoms with E-state index in [4.69, 9.17) is 5.11 Å². The zero-order valence-corrected chi connectivity index (χ0v) is 9.36. The van der Waals surface area contributed by atoms with Crippen LogP contribution in [0.15, 0.2) is 24.3 Å². The van der Waals surface area contributed by atoms with Gasteiger partial charge in [-0.25, -0.2) is 0 Å². The van der Waals surface area contributed by atoms with Crippen molar-refractivity contribution in [3.05, 3.63) is 35.4 Å². The average Bonchev–Trinajstić information content (AvgIpc) is 2.21. The highest BCUT2D eigenvalue weighted by Gasteiger charge is 2.14. The number of carboxylic acid groups (broad SMARTS) is 1. The van der Waals surface area contributed by atoms with E-state index in [1.165, 1.54) is 6.92 Å². The first kappa shape index (κ1) is 12.2. The third kappa shape index (κ3) is 3.38. The van der Waals surface area contributed by atoms with Gasteiger partial charge >= 0.3 is 5.97 Å². The number of amides is 1. The molecule has 0 aliphatic heterocycles. The van der Waals surface area contributed by atoms with Crippen molar-refractivity contribution >= 4 is 11.9 Å². The lowest BCUT2D eigenvalue weighted by atomic mass is 10.1. The fraction of sp³-hybridized carbons (Fsp3) is 0.333. The summed E-state index contributed by atoms with van der Waals surface area (Å²) in [5.74, 6) is -1.30. The second-order valence-electron chi connectivity index (χ2n) is 3.73. The molecular weight excluding hydrogens is 206 g/mol. The van der Waals surface area contributed by atoms with Crippen LogP contribution in [0.25, 0.3) is 0 Å². The summed E-state index contributed by atoms with van der Waals surface area (Å²) in [7, 11) is 0. The van der Waals surface area contributed by atoms with E-state index in [0.717, 1.165) is 11.1 Å². The van der Waals surface area contributed by atoms with Gasteiger partial charge in [-0.15, -0.1) is 0 Å². The normalized spacial score (nSPS) is 11.9. The summed E-state index contributed by atoms with van der Waals surface area (Å²) in [6.07, 6.45) is 0.213. The maximum absolute atomic E-state index is 11.5. The molecule has 0 aliphatic rings. The van der Waals surface area contributed by atoms with Crippen molar-refractivity contribution in [2.75, 3.05) is 0 Å². The van der Waals surface area contributed by atoms with Crippen LogP contribution in [0.4, 0.5) is 0 Å². The Morgan fingerprint density at radius 1 is 1.38 bits per heavy atom. The summed E-state index contributed by atoms with van der Waals surface area (Å²) in [6.45, 7) is 3.36. The van der Waals surface area contributed by atoms with Crippen LogP contribution in [0.3, 0.4) is 0 Å². The number of carboxylic acids is 1. The number of nitrogens with one attached hydrogen (secondary N) is 1. The predicted molar refractivity (Wildman–Crippen MR) is 60.1 cm³/mol. The standard InChI is InChI=1S/C12H15NO3/c1-8-5-3-4-6-10(8)7-11(14)13-9(2)12(15)16/h3-6,9H,7H2,1-2H3,(H,13,14)(H,15,16). The Hall–Kier alpha value is -1.84. The molecule has 0 fully saturated rings. The maximum atomic E-state index is 11.5. The lowest BCUT2D eigenvalue weighted by molar-refractivity contribution is -0.141. The molecule has 1 unspecified atom stereocenters. The molecule has 4 nitrogen and oxygen atoms in total. The molecule has 0 bridgehead atoms. The minimum Gasteiger partial charge on any atom is -0.480 e. The summed E-state index contributed by atoms with van der Waals surface area (Å²) in [5, 5.41) is 11.1. The minimum atomic E-state index is -1.03. The number of benzene rings is 1. The van der Waals surface area contributed by atoms with Gasteiger partial charge in [0.25, 0.3) is 0 Å². The van der Waals surface area contributed by atoms with E-state index in [1.807, 2.05) is 31.2 Å². The van der Waals surface area contributed by atoms with Gasteiger partial charge in [-0.05, 0) is 25.0 Å². The van der Waals surface area contributed by atoms with E-state index in [-0.39, 0.29) is 12.3 Å². The van der Waals surface area contributed by atoms with Gasteiger partial charge in [0, 0.05) is 0 Å². The summed E-state index contributed by atoms with van der Waals surface area (Å²) < 4.78 is 0. The molecule has 0 radical (unpaired) electrons. The van der Waals surface area contributed by atoms with E-state index in [0.29, 0.717) is 0 Å². The van der Waals surface area contributed by atoms with Crippen molar-refractivity contribution in [2.24, 2.45) is 0 Å². The molecule has 86 valence electrons. The van der Waals surface area contributed by atoms with Crippen molar-refractivity contribution in [1.29, 1.82) is 0 Å². The van der Waals surface area contributed by atoms with Crippen LogP contribution in [0, 0.1) is 6.92 Å². The van der Waals surface area contributed by atoms with Crippen molar-refractivity contribution < 1.29 is 14.7 Å². The van der Waals surface area contributed by atoms with E-state index >= 15 is 0 Å². The van der Waals surface area contributed by atoms with Crippen molar-refractivity contribution in [1.82, 2.24) is 5.32 Å². The molecule has 4 heteroatoms. The Labute approximate surface area is 94.3 Å². The van der Waals surface area contributed by atoms with Gasteiger partial charge in [-0.3, -0.25) is 9.59 Å². The van der Waals surface area contributed by atoms with Crippen molar-refractivity contribution in [3.8, 4) is 0 Å². The van der Waals surface area contributed by atoms with Crippen LogP contribution in [0.2, 0.25) is 0 Å². The maximum Gasteiger partial charge on any atom is 0.325 e. The van der Waals surface area contributed by atoms with Gasteiger partial charge < -0.3 is 10.4 Å². The molecule has 16 heavy (non-hydrogen) atoms. The highest BCUT2D eigenvalue weighted by atomic mass is 16.4. The van der Waals surface area contributed by atoms with Gasteiger partial charge in [-0.1, -0.05) is 24.3 Å². The average molecular weight is 221 g/mol. The molecule has 1 atom stereocenters. The second kappa shape index (κ2) is 5.30. The molecule has 0 heterocycles. The van der Waals surface area contributed by atoms with E-state index in [9.17, 15) is 9.59 Å². The zero-order chi connectivity index (χ0) is 12.1. The fourth-order valence-electron chi connectivity index (χ4n) is 1.34. The topological polar surface area (TPSA) is 66.4 Å². The summed E-state index contributed by atoms with van der Waals surface area (Å²) in [4.78, 5) is 22.0. The fourth-order valence-corrected chi connectivity index (χ4v) is 1.34. The number of aryl methyl sites for hydroxylation is 1. The van der Waals surface area contributed by atoms with Gasteiger partial charge in [-0.2, -0.15) is 0 Å². The first-order valence-electron chi connectivity index (χ1n) is 5.07. The van der Waals surface area contributed by atoms with Gasteiger partial charge in [0.1, 0.15) is 6.04 Å². The Kier molecular flexibility index (Phi) is 4.05. The van der Waals surface area contributed by atoms with Gasteiger partial charge in [0.2, 0.25) is 5.91 Å². The Balaban J connectivity index is 2.59. The van der Waals surface area contributed by atoms with Crippen LogP contribution >= 0.6 is 0 Å². The molecule has 0 spiro atoms. The lowest BCUT2D eigenvalue weighted by Crippen LogP contribution is -2.39. The summed E-state index contributed by atoms with van der Waals surface area (Å²) in [5.41, 5.74) is 1.94. The molecule has 1 aromatic rings. The van der Waals surface area contributed by atoms with Crippen LogP contribution in [0.1, 0.15) is 18.1 Å². The number of aliphatic carboxylic acids is 1. The lowest BCUT2D eigenvalue weighted by Gasteiger charge is -2.10. The summed E-state index contributed by atoms with van der Waals surface area (Å²) in [6, 6.07) is 6.69. The quantitative estimate of drug-likeness (QED) is 0.800. The SMILES string of the molecule is Cc1ccccc1CC(=O)NC(C)C(=O)O. The zero-order valence-electron chi connectivity index (χ0n) is 9.36. The predicted octanol–water partition coefficient (Wildman–Crippen LogP) is 1.13. The largest absolute Gasteiger partial charge is 0.480 e. The van der Waals surface area contributed by atoms with Crippen molar-refractivity contribution in [3.63, 3.8) is 0 Å². The van der Waals surface area contributed by atoms with Crippen LogP contribution < -0.4 is 5.32 Å². The third-order valence-corrected chi connectivity index (χ3v) is 2.36. The Bertz CT molecular complexity index is 401. The molecule has 1 aromatic carbocycles. The van der Waals surface area contributed by atoms with Gasteiger partial charge in [0.15, 0.2) is 0 Å². The number of carbonyl (C=O) groups excluding carboxylic acids is 1. The number of rotatable bonds is 4. The molecule has 0 aliphatic carbocycles. The first-order chi connectivity index (χ1) is 7.50. The van der Waals surface area contributed by atoms with E-state index < -0.39 is 12.0 Å². The number of hydrogen-bond acceptors (Lipinski definition) is 2. The molecule has 0 saturated carbocycles. The van der Waals surface area contributed by atoms with E-state index in [1.54, 1.807) is 0 Å². The highest BCUT2D eigenvalue weighted by Crippen LogP contribution is 2.07. The Morgan fingerprint density at radius 2 is 2.00 bits per heavy atom. The monoisotopic (exact) mass is 221 g/mol. The van der Waals surface area contributed by atoms with Crippen molar-refractivity contribution in [2.45, 2.75) is 26.3 Å². The molecule has 1 rings (SSSR count). The summed E-state index contributed by atoms with van der Waals surface area (Å²) >= 11 is 0. The molecule has 0 aromatic heterocycles. The first-order valence-corrected chi connectivity index (χ1v) is 5.07. The third-order valence-electron chi connectivity index (χ3n) is 2.36. The van der Waals surface area contributed by atoms with Gasteiger partial charge in [0.05, 0.1) is 6.42 Å². The number of hydrogen-bond donors (Lipinski definition) is 2.